The number of hydrogen-bond acceptors (Lipinski definition) is 4. The lowest BCUT2D eigenvalue weighted by Crippen LogP contribution is -2.11. The Labute approximate surface area is 330 Å². The molecule has 0 spiro atoms. The third-order valence-corrected chi connectivity index (χ3v) is 13.5. The van der Waals surface area contributed by atoms with E-state index in [-0.39, 0.29) is 0 Å². The van der Waals surface area contributed by atoms with Crippen molar-refractivity contribution in [2.24, 2.45) is 0 Å². The molecule has 0 unspecified atom stereocenters. The fourth-order valence-electron chi connectivity index (χ4n) is 8.72. The maximum absolute atomic E-state index is 6.64. The molecule has 0 saturated carbocycles. The molecule has 0 aliphatic heterocycles. The number of furan rings is 1. The first-order valence-corrected chi connectivity index (χ1v) is 20.5. The predicted octanol–water partition coefficient (Wildman–Crippen LogP) is 16.3. The molecular formula is C52H31NOS2. The van der Waals surface area contributed by atoms with E-state index in [9.17, 15) is 0 Å². The van der Waals surface area contributed by atoms with Crippen LogP contribution in [0.15, 0.2) is 192 Å². The lowest BCUT2D eigenvalue weighted by Gasteiger charge is -2.28. The summed E-state index contributed by atoms with van der Waals surface area (Å²) in [5.41, 5.74) is 9.86. The molecule has 2 nitrogen and oxygen atoms in total. The van der Waals surface area contributed by atoms with Gasteiger partial charge in [-0.2, -0.15) is 0 Å². The first-order chi connectivity index (χ1) is 27.7. The number of fused-ring (bicyclic) bond motifs is 11. The van der Waals surface area contributed by atoms with Crippen molar-refractivity contribution in [2.75, 3.05) is 4.90 Å². The van der Waals surface area contributed by atoms with Crippen LogP contribution in [0.5, 0.6) is 0 Å². The van der Waals surface area contributed by atoms with E-state index in [0.29, 0.717) is 0 Å². The Bertz CT molecular complexity index is 3500. The van der Waals surface area contributed by atoms with Crippen LogP contribution in [-0.2, 0) is 0 Å². The van der Waals surface area contributed by atoms with E-state index in [1.165, 1.54) is 67.8 Å². The molecule has 0 aliphatic carbocycles. The molecule has 262 valence electrons. The number of nitrogens with zero attached hydrogens (tertiary/aromatic N) is 1. The Morgan fingerprint density at radius 2 is 1.05 bits per heavy atom. The highest BCUT2D eigenvalue weighted by atomic mass is 32.1. The smallest absolute Gasteiger partial charge is 0.137 e. The molecule has 0 radical (unpaired) electrons. The number of hydrogen-bond donors (Lipinski definition) is 0. The zero-order valence-electron chi connectivity index (χ0n) is 30.1. The van der Waals surface area contributed by atoms with Gasteiger partial charge >= 0.3 is 0 Å². The Morgan fingerprint density at radius 3 is 2.00 bits per heavy atom. The molecule has 3 heterocycles. The van der Waals surface area contributed by atoms with E-state index >= 15 is 0 Å². The highest BCUT2D eigenvalue weighted by Gasteiger charge is 2.21. The molecule has 0 N–H and O–H groups in total. The number of rotatable bonds is 5. The largest absolute Gasteiger partial charge is 0.456 e. The van der Waals surface area contributed by atoms with Crippen LogP contribution in [0.2, 0.25) is 0 Å². The average Bonchev–Trinajstić information content (AvgIpc) is 3.95. The molecule has 0 saturated heterocycles. The zero-order valence-corrected chi connectivity index (χ0v) is 31.7. The van der Waals surface area contributed by atoms with Gasteiger partial charge in [0.1, 0.15) is 11.2 Å². The number of thiophene rings is 2. The van der Waals surface area contributed by atoms with Crippen molar-refractivity contribution in [1.82, 2.24) is 0 Å². The van der Waals surface area contributed by atoms with Crippen molar-refractivity contribution < 1.29 is 4.42 Å². The minimum Gasteiger partial charge on any atom is -0.456 e. The topological polar surface area (TPSA) is 16.4 Å². The second-order valence-electron chi connectivity index (χ2n) is 14.4. The van der Waals surface area contributed by atoms with Crippen LogP contribution in [0.3, 0.4) is 0 Å². The van der Waals surface area contributed by atoms with Crippen LogP contribution < -0.4 is 4.90 Å². The monoisotopic (exact) mass is 749 g/mol. The number of anilines is 3. The Hall–Kier alpha value is -6.72. The predicted molar refractivity (Wildman–Crippen MR) is 243 cm³/mol. The van der Waals surface area contributed by atoms with Gasteiger partial charge in [-0.15, -0.1) is 22.7 Å². The van der Waals surface area contributed by atoms with Gasteiger partial charge in [-0.05, 0) is 88.1 Å². The number of para-hydroxylation sites is 1. The van der Waals surface area contributed by atoms with Gasteiger partial charge in [-0.3, -0.25) is 0 Å². The Morgan fingerprint density at radius 1 is 0.357 bits per heavy atom. The third-order valence-electron chi connectivity index (χ3n) is 11.3. The molecule has 0 aliphatic rings. The summed E-state index contributed by atoms with van der Waals surface area (Å²) in [5.74, 6) is 0. The molecule has 56 heavy (non-hydrogen) atoms. The molecule has 4 heteroatoms. The minimum absolute atomic E-state index is 0.872. The summed E-state index contributed by atoms with van der Waals surface area (Å²) < 4.78 is 11.9. The summed E-state index contributed by atoms with van der Waals surface area (Å²) >= 11 is 3.74. The molecule has 0 bridgehead atoms. The van der Waals surface area contributed by atoms with Crippen molar-refractivity contribution in [3.05, 3.63) is 188 Å². The lowest BCUT2D eigenvalue weighted by molar-refractivity contribution is 0.669. The first kappa shape index (κ1) is 31.6. The van der Waals surface area contributed by atoms with Gasteiger partial charge in [0.15, 0.2) is 0 Å². The van der Waals surface area contributed by atoms with Gasteiger partial charge < -0.3 is 9.32 Å². The van der Waals surface area contributed by atoms with Crippen LogP contribution in [0.4, 0.5) is 17.1 Å². The van der Waals surface area contributed by atoms with E-state index in [4.69, 9.17) is 4.42 Å². The van der Waals surface area contributed by atoms with Crippen molar-refractivity contribution in [3.8, 4) is 22.3 Å². The summed E-state index contributed by atoms with van der Waals surface area (Å²) in [6, 6.07) is 68.4. The minimum atomic E-state index is 0.872. The normalized spacial score (nSPS) is 11.9. The lowest BCUT2D eigenvalue weighted by atomic mass is 9.98. The van der Waals surface area contributed by atoms with Gasteiger partial charge in [0, 0.05) is 74.1 Å². The van der Waals surface area contributed by atoms with Gasteiger partial charge in [-0.1, -0.05) is 121 Å². The van der Waals surface area contributed by atoms with Gasteiger partial charge in [0.25, 0.3) is 0 Å². The summed E-state index contributed by atoms with van der Waals surface area (Å²) in [6.45, 7) is 0. The molecule has 9 aromatic carbocycles. The summed E-state index contributed by atoms with van der Waals surface area (Å²) in [6.07, 6.45) is 0. The van der Waals surface area contributed by atoms with E-state index in [0.717, 1.165) is 44.6 Å². The van der Waals surface area contributed by atoms with Crippen molar-refractivity contribution >= 4 is 113 Å². The molecule has 0 fully saturated rings. The zero-order chi connectivity index (χ0) is 36.7. The molecular weight excluding hydrogens is 719 g/mol. The number of benzene rings is 9. The molecule has 0 amide bonds. The molecule has 3 aromatic heterocycles. The van der Waals surface area contributed by atoms with Crippen molar-refractivity contribution in [1.29, 1.82) is 0 Å². The second kappa shape index (κ2) is 12.4. The van der Waals surface area contributed by atoms with Crippen LogP contribution in [0.25, 0.3) is 95.3 Å². The van der Waals surface area contributed by atoms with Crippen molar-refractivity contribution in [3.63, 3.8) is 0 Å². The van der Waals surface area contributed by atoms with Crippen LogP contribution in [0, 0.1) is 0 Å². The van der Waals surface area contributed by atoms with Crippen LogP contribution in [0.1, 0.15) is 0 Å². The quantitative estimate of drug-likeness (QED) is 0.174. The van der Waals surface area contributed by atoms with E-state index in [1.54, 1.807) is 0 Å². The first-order valence-electron chi connectivity index (χ1n) is 18.9. The maximum atomic E-state index is 6.64. The second-order valence-corrected chi connectivity index (χ2v) is 16.6. The fourth-order valence-corrected chi connectivity index (χ4v) is 11.0. The van der Waals surface area contributed by atoms with E-state index < -0.39 is 0 Å². The highest BCUT2D eigenvalue weighted by molar-refractivity contribution is 7.26. The summed E-state index contributed by atoms with van der Waals surface area (Å²) in [7, 11) is 0. The van der Waals surface area contributed by atoms with Crippen LogP contribution in [-0.4, -0.2) is 0 Å². The van der Waals surface area contributed by atoms with Crippen LogP contribution >= 0.6 is 22.7 Å². The molecule has 12 aromatic rings. The third kappa shape index (κ3) is 4.86. The van der Waals surface area contributed by atoms with E-state index in [2.05, 4.69) is 193 Å². The molecule has 0 atom stereocenters. The average molecular weight is 750 g/mol. The van der Waals surface area contributed by atoms with Gasteiger partial charge in [0.05, 0.1) is 5.69 Å². The summed E-state index contributed by atoms with van der Waals surface area (Å²) in [4.78, 5) is 2.40. The van der Waals surface area contributed by atoms with Crippen molar-refractivity contribution in [2.45, 2.75) is 0 Å². The highest BCUT2D eigenvalue weighted by Crippen LogP contribution is 2.47. The summed E-state index contributed by atoms with van der Waals surface area (Å²) in [5, 5.41) is 9.90. The van der Waals surface area contributed by atoms with E-state index in [1.807, 2.05) is 22.7 Å². The maximum Gasteiger partial charge on any atom is 0.137 e. The standard InChI is InChI=1S/C52H31NOS2/c1-2-11-32(12-3-1)37-14-6-8-18-44(37)53(36-23-26-42-46(31-36)54-45-27-22-33-13-4-5-15-38(33)51(42)45)35-24-28-48-43(30-35)52-39(17-10-20-49(52)55-48)34-21-25-41-40-16-7-9-19-47(40)56-50(41)29-34/h1-31H. The fraction of sp³-hybridized carbons (Fsp3) is 0. The Kier molecular flexibility index (Phi) is 7.00. The van der Waals surface area contributed by atoms with Gasteiger partial charge in [-0.25, -0.2) is 0 Å². The SMILES string of the molecule is c1ccc(-c2ccccc2N(c2ccc3c(c2)oc2ccc4ccccc4c23)c2ccc3sc4cccc(-c5ccc6c(c5)sc5ccccc56)c4c3c2)cc1. The van der Waals surface area contributed by atoms with Gasteiger partial charge in [0.2, 0.25) is 0 Å². The Balaban J connectivity index is 1.08. The molecule has 12 rings (SSSR count).